The van der Waals surface area contributed by atoms with Gasteiger partial charge in [0.1, 0.15) is 6.04 Å². The molecule has 2 fully saturated rings. The van der Waals surface area contributed by atoms with Crippen molar-refractivity contribution in [3.05, 3.63) is 35.9 Å². The zero-order valence-corrected chi connectivity index (χ0v) is 13.0. The van der Waals surface area contributed by atoms with E-state index < -0.39 is 6.04 Å². The molecule has 22 heavy (non-hydrogen) atoms. The molecule has 118 valence electrons. The first-order valence-electron chi connectivity index (χ1n) is 8.37. The molecular formula is C18H24N2O2. The number of hydrogen-bond donors (Lipinski definition) is 1. The number of amides is 2. The SMILES string of the molecule is O=C(N[C@H](Cc1ccccc1)C(=O)N1CCCC1)C1CCC1. The van der Waals surface area contributed by atoms with Crippen LogP contribution in [0.2, 0.25) is 0 Å². The van der Waals surface area contributed by atoms with Gasteiger partial charge in [0.05, 0.1) is 0 Å². The lowest BCUT2D eigenvalue weighted by Gasteiger charge is -2.29. The summed E-state index contributed by atoms with van der Waals surface area (Å²) < 4.78 is 0. The van der Waals surface area contributed by atoms with Crippen LogP contribution < -0.4 is 5.32 Å². The normalized spacial score (nSPS) is 19.5. The quantitative estimate of drug-likeness (QED) is 0.905. The molecule has 4 nitrogen and oxygen atoms in total. The van der Waals surface area contributed by atoms with Crippen LogP contribution in [0.4, 0.5) is 0 Å². The van der Waals surface area contributed by atoms with Crippen LogP contribution in [-0.4, -0.2) is 35.8 Å². The number of carbonyl (C=O) groups is 2. The summed E-state index contributed by atoms with van der Waals surface area (Å²) in [5.41, 5.74) is 1.09. The average molecular weight is 300 g/mol. The molecule has 1 heterocycles. The van der Waals surface area contributed by atoms with Crippen LogP contribution in [-0.2, 0) is 16.0 Å². The van der Waals surface area contributed by atoms with Crippen molar-refractivity contribution in [1.29, 1.82) is 0 Å². The summed E-state index contributed by atoms with van der Waals surface area (Å²) >= 11 is 0. The molecule has 0 aromatic heterocycles. The number of nitrogens with one attached hydrogen (secondary N) is 1. The van der Waals surface area contributed by atoms with Gasteiger partial charge in [0, 0.05) is 25.4 Å². The highest BCUT2D eigenvalue weighted by Crippen LogP contribution is 2.26. The summed E-state index contributed by atoms with van der Waals surface area (Å²) in [4.78, 5) is 26.9. The Morgan fingerprint density at radius 1 is 1.09 bits per heavy atom. The van der Waals surface area contributed by atoms with Crippen molar-refractivity contribution < 1.29 is 9.59 Å². The third-order valence-corrected chi connectivity index (χ3v) is 4.79. The Morgan fingerprint density at radius 3 is 2.36 bits per heavy atom. The Hall–Kier alpha value is -1.84. The lowest BCUT2D eigenvalue weighted by Crippen LogP contribution is -2.51. The molecule has 1 N–H and O–H groups in total. The van der Waals surface area contributed by atoms with Gasteiger partial charge in [-0.2, -0.15) is 0 Å². The third kappa shape index (κ3) is 3.49. The highest BCUT2D eigenvalue weighted by molar-refractivity contribution is 5.89. The highest BCUT2D eigenvalue weighted by atomic mass is 16.2. The first-order chi connectivity index (χ1) is 10.7. The summed E-state index contributed by atoms with van der Waals surface area (Å²) in [5, 5.41) is 3.01. The molecule has 1 saturated heterocycles. The lowest BCUT2D eigenvalue weighted by molar-refractivity contribution is -0.137. The minimum Gasteiger partial charge on any atom is -0.344 e. The standard InChI is InChI=1S/C18H24N2O2/c21-17(15-9-6-10-15)19-16(13-14-7-2-1-3-8-14)18(22)20-11-4-5-12-20/h1-3,7-8,15-16H,4-6,9-13H2,(H,19,21)/t16-/m1/s1. The summed E-state index contributed by atoms with van der Waals surface area (Å²) in [7, 11) is 0. The molecule has 2 amide bonds. The molecule has 0 radical (unpaired) electrons. The summed E-state index contributed by atoms with van der Waals surface area (Å²) in [6, 6.07) is 9.52. The van der Waals surface area contributed by atoms with Crippen molar-refractivity contribution in [2.24, 2.45) is 5.92 Å². The number of likely N-dealkylation sites (tertiary alicyclic amines) is 1. The molecule has 1 aromatic carbocycles. The molecule has 1 aliphatic heterocycles. The van der Waals surface area contributed by atoms with E-state index in [-0.39, 0.29) is 17.7 Å². The fraction of sp³-hybridized carbons (Fsp3) is 0.556. The van der Waals surface area contributed by atoms with Crippen molar-refractivity contribution in [2.45, 2.75) is 44.6 Å². The van der Waals surface area contributed by atoms with Gasteiger partial charge < -0.3 is 10.2 Å². The van der Waals surface area contributed by atoms with Crippen molar-refractivity contribution in [2.75, 3.05) is 13.1 Å². The maximum Gasteiger partial charge on any atom is 0.245 e. The van der Waals surface area contributed by atoms with Crippen molar-refractivity contribution in [1.82, 2.24) is 10.2 Å². The molecule has 3 rings (SSSR count). The molecule has 0 bridgehead atoms. The second kappa shape index (κ2) is 6.95. The van der Waals surface area contributed by atoms with Crippen LogP contribution in [0.15, 0.2) is 30.3 Å². The number of nitrogens with zero attached hydrogens (tertiary/aromatic N) is 1. The molecule has 1 saturated carbocycles. The van der Waals surface area contributed by atoms with E-state index in [1.54, 1.807) is 0 Å². The fourth-order valence-electron chi connectivity index (χ4n) is 3.17. The largest absolute Gasteiger partial charge is 0.344 e. The van der Waals surface area contributed by atoms with E-state index in [2.05, 4.69) is 5.32 Å². The molecule has 1 atom stereocenters. The second-order valence-corrected chi connectivity index (χ2v) is 6.41. The fourth-order valence-corrected chi connectivity index (χ4v) is 3.17. The maximum atomic E-state index is 12.7. The van der Waals surface area contributed by atoms with E-state index in [4.69, 9.17) is 0 Å². The van der Waals surface area contributed by atoms with Gasteiger partial charge >= 0.3 is 0 Å². The van der Waals surface area contributed by atoms with Gasteiger partial charge in [0.2, 0.25) is 11.8 Å². The molecule has 4 heteroatoms. The third-order valence-electron chi connectivity index (χ3n) is 4.79. The topological polar surface area (TPSA) is 49.4 Å². The number of hydrogen-bond acceptors (Lipinski definition) is 2. The van der Waals surface area contributed by atoms with Crippen molar-refractivity contribution in [3.8, 4) is 0 Å². The van der Waals surface area contributed by atoms with E-state index in [1.165, 1.54) is 0 Å². The molecular weight excluding hydrogens is 276 g/mol. The zero-order valence-electron chi connectivity index (χ0n) is 13.0. The van der Waals surface area contributed by atoms with Gasteiger partial charge in [-0.3, -0.25) is 9.59 Å². The van der Waals surface area contributed by atoms with Gasteiger partial charge in [0.15, 0.2) is 0 Å². The van der Waals surface area contributed by atoms with Crippen molar-refractivity contribution >= 4 is 11.8 Å². The molecule has 2 aliphatic rings. The first-order valence-corrected chi connectivity index (χ1v) is 8.37. The Balaban J connectivity index is 1.68. The second-order valence-electron chi connectivity index (χ2n) is 6.41. The number of benzene rings is 1. The van der Waals surface area contributed by atoms with Crippen LogP contribution in [0.25, 0.3) is 0 Å². The van der Waals surface area contributed by atoms with Crippen molar-refractivity contribution in [3.63, 3.8) is 0 Å². The lowest BCUT2D eigenvalue weighted by atomic mass is 9.84. The van der Waals surface area contributed by atoms with Gasteiger partial charge in [-0.05, 0) is 31.2 Å². The molecule has 0 unspecified atom stereocenters. The number of carbonyl (C=O) groups excluding carboxylic acids is 2. The Bertz CT molecular complexity index is 519. The smallest absolute Gasteiger partial charge is 0.245 e. The predicted molar refractivity (Wildman–Crippen MR) is 85.2 cm³/mol. The molecule has 0 spiro atoms. The number of rotatable bonds is 5. The van der Waals surface area contributed by atoms with Crippen LogP contribution in [0.3, 0.4) is 0 Å². The van der Waals surface area contributed by atoms with Gasteiger partial charge in [-0.15, -0.1) is 0 Å². The Labute approximate surface area is 131 Å². The average Bonchev–Trinajstić information content (AvgIpc) is 2.99. The van der Waals surface area contributed by atoms with Crippen LogP contribution in [0.1, 0.15) is 37.7 Å². The van der Waals surface area contributed by atoms with Gasteiger partial charge in [0.25, 0.3) is 0 Å². The molecule has 1 aromatic rings. The minimum absolute atomic E-state index is 0.0553. The minimum atomic E-state index is -0.423. The Kier molecular flexibility index (Phi) is 4.76. The van der Waals surface area contributed by atoms with Crippen LogP contribution >= 0.6 is 0 Å². The van der Waals surface area contributed by atoms with Gasteiger partial charge in [-0.25, -0.2) is 0 Å². The van der Waals surface area contributed by atoms with E-state index in [0.717, 1.165) is 50.8 Å². The van der Waals surface area contributed by atoms with Crippen LogP contribution in [0, 0.1) is 5.92 Å². The van der Waals surface area contributed by atoms with E-state index in [0.29, 0.717) is 6.42 Å². The summed E-state index contributed by atoms with van der Waals surface area (Å²) in [5.74, 6) is 0.249. The van der Waals surface area contributed by atoms with Crippen LogP contribution in [0.5, 0.6) is 0 Å². The van der Waals surface area contributed by atoms with Gasteiger partial charge in [-0.1, -0.05) is 36.8 Å². The van der Waals surface area contributed by atoms with E-state index >= 15 is 0 Å². The first kappa shape index (κ1) is 15.1. The van der Waals surface area contributed by atoms with E-state index in [1.807, 2.05) is 35.2 Å². The zero-order chi connectivity index (χ0) is 15.4. The summed E-state index contributed by atoms with van der Waals surface area (Å²) in [6.45, 7) is 1.65. The highest BCUT2D eigenvalue weighted by Gasteiger charge is 2.32. The molecule has 1 aliphatic carbocycles. The van der Waals surface area contributed by atoms with E-state index in [9.17, 15) is 9.59 Å². The maximum absolute atomic E-state index is 12.7. The predicted octanol–water partition coefficient (Wildman–Crippen LogP) is 2.14. The monoisotopic (exact) mass is 300 g/mol. The Morgan fingerprint density at radius 2 is 1.77 bits per heavy atom. The summed E-state index contributed by atoms with van der Waals surface area (Å²) in [6.07, 6.45) is 5.76.